The highest BCUT2D eigenvalue weighted by molar-refractivity contribution is 7.99. The first-order chi connectivity index (χ1) is 9.22. The minimum atomic E-state index is 0.343. The number of thioether (sulfide) groups is 1. The SMILES string of the molecule is CNC(CCN1CCSCC1C)c1ccccc1Cl. The standard InChI is InChI=1S/C15H23ClN2S/c1-12-11-19-10-9-18(12)8-7-15(17-2)13-5-3-4-6-14(13)16/h3-6,12,15,17H,7-11H2,1-2H3. The van der Waals surface area contributed by atoms with Crippen LogP contribution in [0.3, 0.4) is 0 Å². The van der Waals surface area contributed by atoms with Crippen molar-refractivity contribution in [3.63, 3.8) is 0 Å². The van der Waals surface area contributed by atoms with Gasteiger partial charge in [0.05, 0.1) is 0 Å². The van der Waals surface area contributed by atoms with Crippen LogP contribution in [0, 0.1) is 0 Å². The predicted molar refractivity (Wildman–Crippen MR) is 86.2 cm³/mol. The van der Waals surface area contributed by atoms with E-state index in [-0.39, 0.29) is 0 Å². The molecule has 0 saturated carbocycles. The van der Waals surface area contributed by atoms with Crippen molar-refractivity contribution in [2.75, 3.05) is 31.6 Å². The number of halogens is 1. The lowest BCUT2D eigenvalue weighted by Gasteiger charge is -2.34. The van der Waals surface area contributed by atoms with Crippen LogP contribution in [0.25, 0.3) is 0 Å². The summed E-state index contributed by atoms with van der Waals surface area (Å²) in [6, 6.07) is 9.19. The quantitative estimate of drug-likeness (QED) is 0.896. The van der Waals surface area contributed by atoms with E-state index in [1.165, 1.54) is 23.6 Å². The third-order valence-corrected chi connectivity index (χ3v) is 5.37. The number of nitrogens with zero attached hydrogens (tertiary/aromatic N) is 1. The van der Waals surface area contributed by atoms with Crippen molar-refractivity contribution >= 4 is 23.4 Å². The summed E-state index contributed by atoms with van der Waals surface area (Å²) in [7, 11) is 2.02. The van der Waals surface area contributed by atoms with Gasteiger partial charge in [0.1, 0.15) is 0 Å². The average molecular weight is 299 g/mol. The molecule has 2 unspecified atom stereocenters. The third kappa shape index (κ3) is 4.12. The first kappa shape index (κ1) is 15.2. The zero-order chi connectivity index (χ0) is 13.7. The van der Waals surface area contributed by atoms with E-state index < -0.39 is 0 Å². The highest BCUT2D eigenvalue weighted by Gasteiger charge is 2.20. The fourth-order valence-electron chi connectivity index (χ4n) is 2.60. The van der Waals surface area contributed by atoms with Gasteiger partial charge in [0.25, 0.3) is 0 Å². The van der Waals surface area contributed by atoms with Gasteiger partial charge in [0.2, 0.25) is 0 Å². The summed E-state index contributed by atoms with van der Waals surface area (Å²) in [5.41, 5.74) is 1.21. The maximum absolute atomic E-state index is 6.29. The van der Waals surface area contributed by atoms with Crippen LogP contribution in [0.15, 0.2) is 24.3 Å². The molecule has 0 bridgehead atoms. The van der Waals surface area contributed by atoms with Crippen molar-refractivity contribution in [3.8, 4) is 0 Å². The smallest absolute Gasteiger partial charge is 0.0453 e. The van der Waals surface area contributed by atoms with E-state index in [1.807, 2.05) is 19.2 Å². The fraction of sp³-hybridized carbons (Fsp3) is 0.600. The molecule has 1 saturated heterocycles. The van der Waals surface area contributed by atoms with E-state index in [1.54, 1.807) is 0 Å². The van der Waals surface area contributed by atoms with E-state index in [2.05, 4.69) is 41.0 Å². The van der Waals surface area contributed by atoms with Gasteiger partial charge >= 0.3 is 0 Å². The van der Waals surface area contributed by atoms with Crippen molar-refractivity contribution in [3.05, 3.63) is 34.9 Å². The Bertz CT molecular complexity index is 399. The van der Waals surface area contributed by atoms with Crippen molar-refractivity contribution in [1.29, 1.82) is 0 Å². The number of nitrogens with one attached hydrogen (secondary N) is 1. The van der Waals surface area contributed by atoms with Crippen LogP contribution in [0.2, 0.25) is 5.02 Å². The monoisotopic (exact) mass is 298 g/mol. The van der Waals surface area contributed by atoms with Gasteiger partial charge in [-0.1, -0.05) is 29.8 Å². The summed E-state index contributed by atoms with van der Waals surface area (Å²) >= 11 is 8.36. The van der Waals surface area contributed by atoms with Crippen molar-refractivity contribution < 1.29 is 0 Å². The van der Waals surface area contributed by atoms with Gasteiger partial charge < -0.3 is 5.32 Å². The maximum Gasteiger partial charge on any atom is 0.0453 e. The Labute approximate surface area is 125 Å². The summed E-state index contributed by atoms with van der Waals surface area (Å²) in [5, 5.41) is 4.26. The van der Waals surface area contributed by atoms with Gasteiger partial charge in [-0.2, -0.15) is 11.8 Å². The summed E-state index contributed by atoms with van der Waals surface area (Å²) < 4.78 is 0. The molecular weight excluding hydrogens is 276 g/mol. The summed E-state index contributed by atoms with van der Waals surface area (Å²) in [4.78, 5) is 2.59. The van der Waals surface area contributed by atoms with E-state index in [4.69, 9.17) is 11.6 Å². The Balaban J connectivity index is 1.94. The normalized spacial score (nSPS) is 22.4. The second-order valence-electron chi connectivity index (χ2n) is 5.11. The molecule has 106 valence electrons. The Hall–Kier alpha value is -0.220. The maximum atomic E-state index is 6.29. The summed E-state index contributed by atoms with van der Waals surface area (Å²) in [6.07, 6.45) is 1.11. The second-order valence-corrected chi connectivity index (χ2v) is 6.67. The van der Waals surface area contributed by atoms with Gasteiger partial charge in [-0.25, -0.2) is 0 Å². The third-order valence-electron chi connectivity index (χ3n) is 3.84. The molecule has 19 heavy (non-hydrogen) atoms. The largest absolute Gasteiger partial charge is 0.313 e. The lowest BCUT2D eigenvalue weighted by molar-refractivity contribution is 0.220. The van der Waals surface area contributed by atoms with Gasteiger partial charge in [-0.3, -0.25) is 4.90 Å². The molecule has 1 aliphatic heterocycles. The molecule has 0 spiro atoms. The summed E-state index contributed by atoms with van der Waals surface area (Å²) in [5.74, 6) is 2.52. The Morgan fingerprint density at radius 3 is 2.95 bits per heavy atom. The molecule has 0 aromatic heterocycles. The Kier molecular flexibility index (Phi) is 6.02. The summed E-state index contributed by atoms with van der Waals surface area (Å²) in [6.45, 7) is 4.68. The number of hydrogen-bond donors (Lipinski definition) is 1. The first-order valence-electron chi connectivity index (χ1n) is 6.96. The molecule has 1 aliphatic rings. The van der Waals surface area contributed by atoms with Crippen LogP contribution < -0.4 is 5.32 Å². The van der Waals surface area contributed by atoms with Crippen LogP contribution in [0.5, 0.6) is 0 Å². The highest BCUT2D eigenvalue weighted by Crippen LogP contribution is 2.26. The molecule has 4 heteroatoms. The first-order valence-corrected chi connectivity index (χ1v) is 8.49. The molecule has 0 amide bonds. The number of benzene rings is 1. The zero-order valence-corrected chi connectivity index (χ0v) is 13.3. The molecular formula is C15H23ClN2S. The molecule has 1 aromatic rings. The minimum absolute atomic E-state index is 0.343. The van der Waals surface area contributed by atoms with Crippen LogP contribution in [-0.2, 0) is 0 Å². The van der Waals surface area contributed by atoms with Gasteiger partial charge in [0, 0.05) is 41.7 Å². The van der Waals surface area contributed by atoms with E-state index in [0.29, 0.717) is 12.1 Å². The van der Waals surface area contributed by atoms with E-state index in [0.717, 1.165) is 18.0 Å². The van der Waals surface area contributed by atoms with E-state index >= 15 is 0 Å². The Morgan fingerprint density at radius 2 is 2.26 bits per heavy atom. The van der Waals surface area contributed by atoms with Crippen molar-refractivity contribution in [1.82, 2.24) is 10.2 Å². The van der Waals surface area contributed by atoms with Crippen LogP contribution in [-0.4, -0.2) is 42.6 Å². The number of rotatable bonds is 5. The van der Waals surface area contributed by atoms with Crippen molar-refractivity contribution in [2.45, 2.75) is 25.4 Å². The van der Waals surface area contributed by atoms with Gasteiger partial charge in [0.15, 0.2) is 0 Å². The molecule has 0 aliphatic carbocycles. The highest BCUT2D eigenvalue weighted by atomic mass is 35.5. The van der Waals surface area contributed by atoms with Crippen LogP contribution in [0.1, 0.15) is 24.9 Å². The lowest BCUT2D eigenvalue weighted by atomic mass is 10.0. The van der Waals surface area contributed by atoms with Gasteiger partial charge in [-0.15, -0.1) is 0 Å². The van der Waals surface area contributed by atoms with Crippen LogP contribution >= 0.6 is 23.4 Å². The minimum Gasteiger partial charge on any atom is -0.313 e. The predicted octanol–water partition coefficient (Wildman–Crippen LogP) is 3.43. The molecule has 1 fully saturated rings. The molecule has 1 aromatic carbocycles. The fourth-order valence-corrected chi connectivity index (χ4v) is 3.95. The lowest BCUT2D eigenvalue weighted by Crippen LogP contribution is -2.41. The van der Waals surface area contributed by atoms with Crippen LogP contribution in [0.4, 0.5) is 0 Å². The second kappa shape index (κ2) is 7.53. The molecule has 2 rings (SSSR count). The molecule has 0 radical (unpaired) electrons. The zero-order valence-electron chi connectivity index (χ0n) is 11.7. The Morgan fingerprint density at radius 1 is 1.47 bits per heavy atom. The van der Waals surface area contributed by atoms with Gasteiger partial charge in [-0.05, 0) is 32.0 Å². The topological polar surface area (TPSA) is 15.3 Å². The molecule has 2 nitrogen and oxygen atoms in total. The van der Waals surface area contributed by atoms with Crippen molar-refractivity contribution in [2.24, 2.45) is 0 Å². The molecule has 2 atom stereocenters. The molecule has 1 heterocycles. The molecule has 1 N–H and O–H groups in total. The van der Waals surface area contributed by atoms with E-state index in [9.17, 15) is 0 Å². The average Bonchev–Trinajstić information content (AvgIpc) is 2.43. The number of hydrogen-bond acceptors (Lipinski definition) is 3.